The Hall–Kier alpha value is -3.07. The number of benzene rings is 2. The number of amides is 2. The van der Waals surface area contributed by atoms with E-state index >= 15 is 0 Å². The summed E-state index contributed by atoms with van der Waals surface area (Å²) in [6, 6.07) is 11.9. The van der Waals surface area contributed by atoms with Gasteiger partial charge in [0.15, 0.2) is 0 Å². The molecule has 0 spiro atoms. The highest BCUT2D eigenvalue weighted by Gasteiger charge is 2.34. The van der Waals surface area contributed by atoms with Gasteiger partial charge in [-0.15, -0.1) is 0 Å². The number of aliphatic hydroxyl groups excluding tert-OH is 2. The van der Waals surface area contributed by atoms with E-state index < -0.39 is 60.7 Å². The van der Waals surface area contributed by atoms with Crippen LogP contribution in [0.4, 0.5) is 9.59 Å². The fraction of sp³-hybridized carbons (Fsp3) is 0.689. The van der Waals surface area contributed by atoms with Gasteiger partial charge in [-0.05, 0) is 124 Å². The molecule has 0 bridgehead atoms. The number of nitrogens with zero attached hydrogens (tertiary/aromatic N) is 1. The minimum atomic E-state index is -4.00. The van der Waals surface area contributed by atoms with E-state index in [-0.39, 0.29) is 48.6 Å². The van der Waals surface area contributed by atoms with Crippen molar-refractivity contribution in [3.05, 3.63) is 59.7 Å². The molecule has 16 nitrogen and oxygen atoms in total. The molecule has 368 valence electrons. The van der Waals surface area contributed by atoms with Gasteiger partial charge in [0.25, 0.3) is 19.1 Å². The number of nitrogens with one attached hydrogen (secondary N) is 3. The Kier molecular flexibility index (Phi) is 25.4. The van der Waals surface area contributed by atoms with Crippen molar-refractivity contribution in [1.29, 1.82) is 0 Å². The summed E-state index contributed by atoms with van der Waals surface area (Å²) in [4.78, 5) is 35.5. The minimum absolute atomic E-state index is 0. The maximum absolute atomic E-state index is 13.3. The zero-order chi connectivity index (χ0) is 47.6. The van der Waals surface area contributed by atoms with Crippen LogP contribution in [0.1, 0.15) is 138 Å². The first-order valence-electron chi connectivity index (χ1n) is 21.7. The van der Waals surface area contributed by atoms with Crippen molar-refractivity contribution in [2.24, 2.45) is 0 Å². The van der Waals surface area contributed by atoms with E-state index in [1.165, 1.54) is 31.0 Å². The van der Waals surface area contributed by atoms with Crippen LogP contribution in [0.15, 0.2) is 58.3 Å². The molecular formula is C45H77ClN4O12S2. The SMILES string of the molecule is C.CCC(NC(=O)OC(C)(C)C)[C@H](O)CN(OC1CCCC1)S(=O)(=O)c1cccc(C)c1.CCC(NC(=O)OC(C)(C)C)[C@H](O)CNOC1CCCC1.Cc1ccc(S(=O)(=O)Cl)cc1. The van der Waals surface area contributed by atoms with Crippen LogP contribution in [-0.4, -0.2) is 104 Å². The van der Waals surface area contributed by atoms with Gasteiger partial charge in [-0.25, -0.2) is 26.4 Å². The molecule has 2 aromatic rings. The Morgan fingerprint density at radius 1 is 0.734 bits per heavy atom. The van der Waals surface area contributed by atoms with Gasteiger partial charge in [0, 0.05) is 17.2 Å². The molecule has 2 aliphatic carbocycles. The molecule has 2 saturated carbocycles. The van der Waals surface area contributed by atoms with Crippen LogP contribution < -0.4 is 16.1 Å². The second-order valence-corrected chi connectivity index (χ2v) is 22.3. The fourth-order valence-electron chi connectivity index (χ4n) is 6.49. The Morgan fingerprint density at radius 2 is 1.20 bits per heavy atom. The van der Waals surface area contributed by atoms with E-state index in [1.807, 2.05) is 26.8 Å². The van der Waals surface area contributed by atoms with Crippen LogP contribution in [0.5, 0.6) is 0 Å². The van der Waals surface area contributed by atoms with Crippen LogP contribution in [-0.2, 0) is 38.2 Å². The van der Waals surface area contributed by atoms with Crippen LogP contribution in [0.2, 0.25) is 0 Å². The maximum Gasteiger partial charge on any atom is 0.407 e. The van der Waals surface area contributed by atoms with Crippen molar-refractivity contribution in [1.82, 2.24) is 20.6 Å². The van der Waals surface area contributed by atoms with Crippen LogP contribution in [0.25, 0.3) is 0 Å². The lowest BCUT2D eigenvalue weighted by Gasteiger charge is -2.30. The predicted octanol–water partition coefficient (Wildman–Crippen LogP) is 8.20. The summed E-state index contributed by atoms with van der Waals surface area (Å²) in [6.45, 7) is 18.0. The van der Waals surface area contributed by atoms with Gasteiger partial charge in [-0.2, -0.15) is 5.48 Å². The summed E-state index contributed by atoms with van der Waals surface area (Å²) < 4.78 is 59.4. The number of carbonyl (C=O) groups excluding carboxylic acids is 2. The predicted molar refractivity (Wildman–Crippen MR) is 250 cm³/mol. The second kappa shape index (κ2) is 27.5. The van der Waals surface area contributed by atoms with Crippen molar-refractivity contribution in [3.8, 4) is 0 Å². The Labute approximate surface area is 387 Å². The molecular weight excluding hydrogens is 888 g/mol. The zero-order valence-electron chi connectivity index (χ0n) is 38.7. The first kappa shape index (κ1) is 58.9. The number of hydrogen-bond acceptors (Lipinski definition) is 13. The summed E-state index contributed by atoms with van der Waals surface area (Å²) in [5.41, 5.74) is 3.41. The van der Waals surface area contributed by atoms with Gasteiger partial charge in [-0.3, -0.25) is 9.68 Å². The van der Waals surface area contributed by atoms with Crippen molar-refractivity contribution >= 4 is 41.9 Å². The number of carbonyl (C=O) groups is 2. The molecule has 2 unspecified atom stereocenters. The van der Waals surface area contributed by atoms with E-state index in [4.69, 9.17) is 29.8 Å². The van der Waals surface area contributed by atoms with Gasteiger partial charge in [-0.1, -0.05) is 81.3 Å². The number of halogens is 1. The van der Waals surface area contributed by atoms with E-state index in [1.54, 1.807) is 72.7 Å². The molecule has 19 heteroatoms. The number of aryl methyl sites for hydroxylation is 2. The summed E-state index contributed by atoms with van der Waals surface area (Å²) in [7, 11) is -2.46. The first-order chi connectivity index (χ1) is 29.2. The highest BCUT2D eigenvalue weighted by Crippen LogP contribution is 2.26. The van der Waals surface area contributed by atoms with Crippen LogP contribution in [0.3, 0.4) is 0 Å². The molecule has 0 aliphatic heterocycles. The van der Waals surface area contributed by atoms with E-state index in [0.717, 1.165) is 54.1 Å². The van der Waals surface area contributed by atoms with Gasteiger partial charge in [0.1, 0.15) is 11.2 Å². The molecule has 0 radical (unpaired) electrons. The Morgan fingerprint density at radius 3 is 1.64 bits per heavy atom. The average molecular weight is 966 g/mol. The maximum atomic E-state index is 13.3. The number of rotatable bonds is 17. The lowest BCUT2D eigenvalue weighted by atomic mass is 10.1. The Balaban J connectivity index is 0.000000533. The topological polar surface area (TPSA) is 219 Å². The summed E-state index contributed by atoms with van der Waals surface area (Å²) >= 11 is 0. The molecule has 0 saturated heterocycles. The van der Waals surface area contributed by atoms with Gasteiger partial charge in [0.2, 0.25) is 0 Å². The quantitative estimate of drug-likeness (QED) is 0.0747. The average Bonchev–Trinajstić information content (AvgIpc) is 3.90. The monoisotopic (exact) mass is 964 g/mol. The number of hydrogen-bond donors (Lipinski definition) is 5. The zero-order valence-corrected chi connectivity index (χ0v) is 41.1. The molecule has 0 heterocycles. The molecule has 2 aliphatic rings. The first-order valence-corrected chi connectivity index (χ1v) is 25.5. The van der Waals surface area contributed by atoms with Gasteiger partial charge >= 0.3 is 12.2 Å². The third-order valence-corrected chi connectivity index (χ3v) is 12.8. The molecule has 4 rings (SSSR count). The van der Waals surface area contributed by atoms with Gasteiger partial charge in [0.05, 0.1) is 52.8 Å². The molecule has 2 aromatic carbocycles. The van der Waals surface area contributed by atoms with E-state index in [2.05, 4.69) is 16.1 Å². The standard InChI is InChI=1S/C22H36N2O6S.C15H30N2O4.C7H7ClO2S.CH4/c1-6-19(23-21(26)29-22(3,4)5)20(25)15-24(30-17-11-7-8-12-17)31(27,28)18-13-9-10-16(2)14-18;1-5-12(17-14(19)20-15(2,3)4)13(18)10-16-21-11-8-6-7-9-11;1-6-2-4-7(5-3-6)11(8,9)10;/h9-10,13-14,17,19-20,25H,6-8,11-12,15H2,1-5H3,(H,23,26);11-13,16,18H,5-10H2,1-4H3,(H,17,19);2-5H,1H3;1H4/t19?,20-;12?,13-;;/m11../s1. The lowest BCUT2D eigenvalue weighted by Crippen LogP contribution is -2.50. The number of aliphatic hydroxyl groups is 2. The second-order valence-electron chi connectivity index (χ2n) is 17.9. The van der Waals surface area contributed by atoms with Crippen molar-refractivity contribution in [3.63, 3.8) is 0 Å². The summed E-state index contributed by atoms with van der Waals surface area (Å²) in [5.74, 6) is 0. The molecule has 2 amide bonds. The van der Waals surface area contributed by atoms with Crippen LogP contribution >= 0.6 is 10.7 Å². The lowest BCUT2D eigenvalue weighted by molar-refractivity contribution is -0.145. The fourth-order valence-corrected chi connectivity index (χ4v) is 8.66. The molecule has 0 aromatic heterocycles. The third kappa shape index (κ3) is 22.9. The van der Waals surface area contributed by atoms with Crippen molar-refractivity contribution < 1.29 is 55.8 Å². The Bertz CT molecular complexity index is 1900. The van der Waals surface area contributed by atoms with Crippen molar-refractivity contribution in [2.75, 3.05) is 13.1 Å². The number of hydroxylamine groups is 2. The number of ether oxygens (including phenoxy) is 2. The molecule has 2 fully saturated rings. The van der Waals surface area contributed by atoms with Crippen molar-refractivity contribution in [2.45, 2.75) is 198 Å². The number of sulfonamides is 1. The summed E-state index contributed by atoms with van der Waals surface area (Å²) in [5, 5.41) is 26.3. The molecule has 5 N–H and O–H groups in total. The highest BCUT2D eigenvalue weighted by atomic mass is 35.7. The number of alkyl carbamates (subject to hydrolysis) is 2. The largest absolute Gasteiger partial charge is 0.444 e. The highest BCUT2D eigenvalue weighted by molar-refractivity contribution is 8.13. The molecule has 4 atom stereocenters. The summed E-state index contributed by atoms with van der Waals surface area (Å²) in [6.07, 6.45) is 5.98. The minimum Gasteiger partial charge on any atom is -0.444 e. The van der Waals surface area contributed by atoms with E-state index in [0.29, 0.717) is 12.8 Å². The smallest absolute Gasteiger partial charge is 0.407 e. The van der Waals surface area contributed by atoms with E-state index in [9.17, 15) is 36.6 Å². The van der Waals surface area contributed by atoms with Gasteiger partial charge < -0.3 is 30.3 Å². The third-order valence-electron chi connectivity index (χ3n) is 9.82. The van der Waals surface area contributed by atoms with Crippen LogP contribution in [0, 0.1) is 13.8 Å². The molecule has 64 heavy (non-hydrogen) atoms. The normalized spacial score (nSPS) is 16.8.